The first kappa shape index (κ1) is 20.3. The van der Waals surface area contributed by atoms with E-state index >= 15 is 0 Å². The van der Waals surface area contributed by atoms with E-state index in [1.54, 1.807) is 18.5 Å². The summed E-state index contributed by atoms with van der Waals surface area (Å²) >= 11 is 0. The molecule has 31 heavy (non-hydrogen) atoms. The summed E-state index contributed by atoms with van der Waals surface area (Å²) < 4.78 is 51.9. The Bertz CT molecular complexity index is 1290. The number of benzene rings is 2. The maximum absolute atomic E-state index is 13.5. The van der Waals surface area contributed by atoms with Crippen LogP contribution in [-0.2, 0) is 11.0 Å². The molecule has 0 spiro atoms. The van der Waals surface area contributed by atoms with Gasteiger partial charge in [0.15, 0.2) is 0 Å². The Hall–Kier alpha value is -3.94. The van der Waals surface area contributed by atoms with E-state index < -0.39 is 23.5 Å². The summed E-state index contributed by atoms with van der Waals surface area (Å²) in [6.45, 7) is 0. The monoisotopic (exact) mass is 425 g/mol. The molecule has 4 rings (SSSR count). The molecule has 8 heteroatoms. The third-order valence-corrected chi connectivity index (χ3v) is 4.54. The van der Waals surface area contributed by atoms with E-state index in [2.05, 4.69) is 15.3 Å². The Morgan fingerprint density at radius 3 is 2.68 bits per heavy atom. The SMILES string of the molecule is O=C(C=Cc1cccc(-c2cnc3[nH]ccc3c2)c1)Nc1cc(F)cc(C(F)(F)F)c1. The van der Waals surface area contributed by atoms with Gasteiger partial charge in [-0.05, 0) is 53.6 Å². The first-order chi connectivity index (χ1) is 14.8. The van der Waals surface area contributed by atoms with E-state index in [9.17, 15) is 22.4 Å². The van der Waals surface area contributed by atoms with E-state index in [4.69, 9.17) is 0 Å². The van der Waals surface area contributed by atoms with Gasteiger partial charge in [0, 0.05) is 35.1 Å². The van der Waals surface area contributed by atoms with Crippen molar-refractivity contribution >= 4 is 28.7 Å². The Kier molecular flexibility index (Phi) is 5.29. The van der Waals surface area contributed by atoms with Gasteiger partial charge >= 0.3 is 6.18 Å². The van der Waals surface area contributed by atoms with Crippen LogP contribution in [0.2, 0.25) is 0 Å². The van der Waals surface area contributed by atoms with Gasteiger partial charge in [0.2, 0.25) is 5.91 Å². The third kappa shape index (κ3) is 4.80. The Morgan fingerprint density at radius 1 is 1.03 bits per heavy atom. The van der Waals surface area contributed by atoms with Crippen LogP contribution in [0.4, 0.5) is 23.2 Å². The molecule has 2 N–H and O–H groups in total. The summed E-state index contributed by atoms with van der Waals surface area (Å²) in [7, 11) is 0. The van der Waals surface area contributed by atoms with E-state index in [0.717, 1.165) is 28.2 Å². The predicted octanol–water partition coefficient (Wildman–Crippen LogP) is 6.04. The number of hydrogen-bond donors (Lipinski definition) is 2. The number of aromatic nitrogens is 2. The number of carbonyl (C=O) groups is 1. The van der Waals surface area contributed by atoms with Gasteiger partial charge in [-0.2, -0.15) is 13.2 Å². The van der Waals surface area contributed by atoms with E-state index in [1.807, 2.05) is 30.3 Å². The molecule has 1 amide bonds. The minimum atomic E-state index is -4.71. The molecule has 4 aromatic rings. The standard InChI is InChI=1S/C23H15F4N3O/c24-19-10-18(23(25,26)27)11-20(12-19)30-21(31)5-4-14-2-1-3-15(8-14)17-9-16-6-7-28-22(16)29-13-17/h1-13H,(H,28,29)(H,30,31). The summed E-state index contributed by atoms with van der Waals surface area (Å²) in [5.41, 5.74) is 1.82. The number of nitrogens with one attached hydrogen (secondary N) is 2. The smallest absolute Gasteiger partial charge is 0.346 e. The molecule has 156 valence electrons. The van der Waals surface area contributed by atoms with Crippen LogP contribution in [0.5, 0.6) is 0 Å². The van der Waals surface area contributed by atoms with Crippen molar-refractivity contribution in [1.29, 1.82) is 0 Å². The highest BCUT2D eigenvalue weighted by Crippen LogP contribution is 2.31. The molecule has 4 nitrogen and oxygen atoms in total. The van der Waals surface area contributed by atoms with E-state index in [-0.39, 0.29) is 5.69 Å². The Morgan fingerprint density at radius 2 is 1.87 bits per heavy atom. The first-order valence-electron chi connectivity index (χ1n) is 9.18. The molecule has 0 unspecified atom stereocenters. The molecule has 0 aliphatic rings. The van der Waals surface area contributed by atoms with Gasteiger partial charge in [-0.25, -0.2) is 9.37 Å². The van der Waals surface area contributed by atoms with Crippen LogP contribution in [-0.4, -0.2) is 15.9 Å². The number of fused-ring (bicyclic) bond motifs is 1. The maximum Gasteiger partial charge on any atom is 0.416 e. The van der Waals surface area contributed by atoms with Gasteiger partial charge in [0.05, 0.1) is 5.56 Å². The lowest BCUT2D eigenvalue weighted by atomic mass is 10.0. The normalized spacial score (nSPS) is 11.9. The highest BCUT2D eigenvalue weighted by Gasteiger charge is 2.31. The number of rotatable bonds is 4. The molecular formula is C23H15F4N3O. The van der Waals surface area contributed by atoms with Crippen LogP contribution in [0.1, 0.15) is 11.1 Å². The molecule has 0 saturated carbocycles. The number of H-pyrrole nitrogens is 1. The van der Waals surface area contributed by atoms with Crippen LogP contribution >= 0.6 is 0 Å². The fourth-order valence-electron chi connectivity index (χ4n) is 3.10. The van der Waals surface area contributed by atoms with Gasteiger partial charge in [-0.3, -0.25) is 4.79 Å². The van der Waals surface area contributed by atoms with Crippen molar-refractivity contribution in [2.45, 2.75) is 6.18 Å². The van der Waals surface area contributed by atoms with Crippen molar-refractivity contribution in [1.82, 2.24) is 9.97 Å². The Balaban J connectivity index is 1.50. The molecule has 0 fully saturated rings. The molecule has 2 aromatic heterocycles. The molecule has 2 aromatic carbocycles. The minimum Gasteiger partial charge on any atom is -0.346 e. The average molecular weight is 425 g/mol. The third-order valence-electron chi connectivity index (χ3n) is 4.54. The van der Waals surface area contributed by atoms with Crippen molar-refractivity contribution < 1.29 is 22.4 Å². The zero-order valence-corrected chi connectivity index (χ0v) is 15.9. The largest absolute Gasteiger partial charge is 0.416 e. The van der Waals surface area contributed by atoms with E-state index in [0.29, 0.717) is 17.7 Å². The number of hydrogen-bond acceptors (Lipinski definition) is 2. The summed E-state index contributed by atoms with van der Waals surface area (Å²) in [6.07, 6.45) is 1.51. The molecule has 0 aliphatic carbocycles. The second-order valence-electron chi connectivity index (χ2n) is 6.81. The highest BCUT2D eigenvalue weighted by atomic mass is 19.4. The van der Waals surface area contributed by atoms with Gasteiger partial charge in [0.1, 0.15) is 11.5 Å². The van der Waals surface area contributed by atoms with Crippen molar-refractivity contribution in [3.05, 3.63) is 90.0 Å². The summed E-state index contributed by atoms with van der Waals surface area (Å²) in [6, 6.07) is 13.1. The molecular weight excluding hydrogens is 410 g/mol. The van der Waals surface area contributed by atoms with Gasteiger partial charge in [-0.1, -0.05) is 18.2 Å². The van der Waals surface area contributed by atoms with Crippen LogP contribution in [0.15, 0.2) is 73.1 Å². The van der Waals surface area contributed by atoms with Gasteiger partial charge < -0.3 is 10.3 Å². The molecule has 0 bridgehead atoms. The first-order valence-corrected chi connectivity index (χ1v) is 9.18. The fourth-order valence-corrected chi connectivity index (χ4v) is 3.10. The summed E-state index contributed by atoms with van der Waals surface area (Å²) in [5, 5.41) is 3.21. The van der Waals surface area contributed by atoms with Crippen molar-refractivity contribution in [3.63, 3.8) is 0 Å². The molecule has 0 atom stereocenters. The number of nitrogens with zero attached hydrogens (tertiary/aromatic N) is 1. The topological polar surface area (TPSA) is 57.8 Å². The number of alkyl halides is 3. The molecule has 2 heterocycles. The van der Waals surface area contributed by atoms with Gasteiger partial charge in [0.25, 0.3) is 0 Å². The van der Waals surface area contributed by atoms with Gasteiger partial charge in [-0.15, -0.1) is 0 Å². The minimum absolute atomic E-state index is 0.276. The second kappa shape index (κ2) is 8.06. The molecule has 0 saturated heterocycles. The Labute approximate surface area is 174 Å². The molecule has 0 aliphatic heterocycles. The van der Waals surface area contributed by atoms with Crippen LogP contribution in [0.25, 0.3) is 28.2 Å². The second-order valence-corrected chi connectivity index (χ2v) is 6.81. The quantitative estimate of drug-likeness (QED) is 0.309. The lowest BCUT2D eigenvalue weighted by molar-refractivity contribution is -0.137. The van der Waals surface area contributed by atoms with Crippen molar-refractivity contribution in [2.24, 2.45) is 0 Å². The summed E-state index contributed by atoms with van der Waals surface area (Å²) in [4.78, 5) is 19.5. The lowest BCUT2D eigenvalue weighted by Gasteiger charge is -2.09. The molecule has 0 radical (unpaired) electrons. The van der Waals surface area contributed by atoms with Crippen molar-refractivity contribution in [3.8, 4) is 11.1 Å². The lowest BCUT2D eigenvalue weighted by Crippen LogP contribution is -2.11. The van der Waals surface area contributed by atoms with Crippen LogP contribution < -0.4 is 5.32 Å². The van der Waals surface area contributed by atoms with Crippen LogP contribution in [0.3, 0.4) is 0 Å². The van der Waals surface area contributed by atoms with Crippen molar-refractivity contribution in [2.75, 3.05) is 5.32 Å². The number of pyridine rings is 1. The average Bonchev–Trinajstić information content (AvgIpc) is 3.19. The highest BCUT2D eigenvalue weighted by molar-refractivity contribution is 6.02. The number of amides is 1. The number of carbonyl (C=O) groups excluding carboxylic acids is 1. The maximum atomic E-state index is 13.5. The number of aromatic amines is 1. The number of halogens is 4. The van der Waals surface area contributed by atoms with Crippen LogP contribution in [0, 0.1) is 5.82 Å². The van der Waals surface area contributed by atoms with E-state index in [1.165, 1.54) is 12.2 Å². The number of anilines is 1. The fraction of sp³-hybridized carbons (Fsp3) is 0.0435. The zero-order chi connectivity index (χ0) is 22.0. The predicted molar refractivity (Wildman–Crippen MR) is 111 cm³/mol. The zero-order valence-electron chi connectivity index (χ0n) is 15.9. The summed E-state index contributed by atoms with van der Waals surface area (Å²) in [5.74, 6) is -1.77.